The molecule has 28 heavy (non-hydrogen) atoms. The number of nitrogens with one attached hydrogen (secondary N) is 1. The number of carbonyl (C=O) groups excluding carboxylic acids is 1. The van der Waals surface area contributed by atoms with Crippen molar-refractivity contribution in [2.24, 2.45) is 0 Å². The molecule has 0 aromatic heterocycles. The highest BCUT2D eigenvalue weighted by Gasteiger charge is 2.30. The Balaban J connectivity index is 0.00000225. The lowest BCUT2D eigenvalue weighted by Gasteiger charge is -2.24. The second kappa shape index (κ2) is 9.64. The Morgan fingerprint density at radius 3 is 2.68 bits per heavy atom. The van der Waals surface area contributed by atoms with Crippen molar-refractivity contribution in [1.29, 1.82) is 0 Å². The number of likely N-dealkylation sites (tertiary alicyclic amines) is 1. The molecular weight excluding hydrogens is 395 g/mol. The molecule has 0 radical (unpaired) electrons. The van der Waals surface area contributed by atoms with Gasteiger partial charge in [0.2, 0.25) is 5.91 Å². The minimum absolute atomic E-state index is 0. The molecule has 2 aliphatic rings. The molecule has 0 spiro atoms. The Labute approximate surface area is 177 Å². The summed E-state index contributed by atoms with van der Waals surface area (Å²) >= 11 is 5.91. The zero-order valence-corrected chi connectivity index (χ0v) is 17.3. The molecule has 2 aromatic rings. The second-order valence-electron chi connectivity index (χ2n) is 7.51. The topological polar surface area (TPSA) is 41.6 Å². The quantitative estimate of drug-likeness (QED) is 0.786. The Bertz CT molecular complexity index is 797. The van der Waals surface area contributed by atoms with Crippen LogP contribution in [0.5, 0.6) is 5.75 Å². The third-order valence-corrected chi connectivity index (χ3v) is 5.70. The van der Waals surface area contributed by atoms with Crippen molar-refractivity contribution in [2.45, 2.75) is 44.4 Å². The van der Waals surface area contributed by atoms with Gasteiger partial charge in [0.15, 0.2) is 0 Å². The number of halogens is 2. The van der Waals surface area contributed by atoms with Crippen LogP contribution < -0.4 is 10.1 Å². The number of carbonyl (C=O) groups is 1. The van der Waals surface area contributed by atoms with E-state index in [1.54, 1.807) is 0 Å². The SMILES string of the molecule is Cl.O=C(Cc1cccc(OCc2ccc(Cl)cc2)c1)N1CCC2CCC(C1)N2. The standard InChI is InChI=1S/C22H25ClN2O2.ClH/c23-18-6-4-16(5-7-18)15-27-21-3-1-2-17(12-21)13-22(26)25-11-10-19-8-9-20(14-25)24-19;/h1-7,12,19-20,24H,8-11,13-15H2;1H. The average Bonchev–Trinajstić information content (AvgIpc) is 3.00. The molecule has 2 atom stereocenters. The van der Waals surface area contributed by atoms with E-state index in [2.05, 4.69) is 5.32 Å². The van der Waals surface area contributed by atoms with Gasteiger partial charge in [-0.25, -0.2) is 0 Å². The van der Waals surface area contributed by atoms with Gasteiger partial charge in [-0.1, -0.05) is 35.9 Å². The predicted octanol–water partition coefficient (Wildman–Crippen LogP) is 4.24. The lowest BCUT2D eigenvalue weighted by Crippen LogP contribution is -2.39. The summed E-state index contributed by atoms with van der Waals surface area (Å²) in [6, 6.07) is 16.5. The summed E-state index contributed by atoms with van der Waals surface area (Å²) in [5.74, 6) is 0.992. The zero-order chi connectivity index (χ0) is 18.6. The van der Waals surface area contributed by atoms with Crippen LogP contribution in [0, 0.1) is 0 Å². The molecule has 0 saturated carbocycles. The highest BCUT2D eigenvalue weighted by Crippen LogP contribution is 2.22. The third kappa shape index (κ3) is 5.40. The zero-order valence-electron chi connectivity index (χ0n) is 15.8. The van der Waals surface area contributed by atoms with Gasteiger partial charge in [-0.2, -0.15) is 0 Å². The van der Waals surface area contributed by atoms with Gasteiger partial charge in [-0.05, 0) is 54.7 Å². The van der Waals surface area contributed by atoms with Gasteiger partial charge in [0.25, 0.3) is 0 Å². The van der Waals surface area contributed by atoms with Gasteiger partial charge in [-0.15, -0.1) is 12.4 Å². The van der Waals surface area contributed by atoms with Crippen LogP contribution in [0.3, 0.4) is 0 Å². The van der Waals surface area contributed by atoms with Crippen LogP contribution in [-0.2, 0) is 17.8 Å². The van der Waals surface area contributed by atoms with Crippen LogP contribution in [0.1, 0.15) is 30.4 Å². The molecule has 2 saturated heterocycles. The molecule has 2 fully saturated rings. The number of nitrogens with zero attached hydrogens (tertiary/aromatic N) is 1. The summed E-state index contributed by atoms with van der Waals surface area (Å²) in [5, 5.41) is 4.34. The minimum atomic E-state index is 0. The number of rotatable bonds is 5. The molecule has 150 valence electrons. The van der Waals surface area contributed by atoms with E-state index in [9.17, 15) is 4.79 Å². The van der Waals surface area contributed by atoms with Crippen molar-refractivity contribution < 1.29 is 9.53 Å². The molecular formula is C22H26Cl2N2O2. The number of ether oxygens (including phenoxy) is 1. The molecule has 1 amide bonds. The lowest BCUT2D eigenvalue weighted by atomic mass is 10.1. The van der Waals surface area contributed by atoms with Gasteiger partial charge in [0, 0.05) is 30.2 Å². The Morgan fingerprint density at radius 2 is 1.86 bits per heavy atom. The van der Waals surface area contributed by atoms with E-state index in [-0.39, 0.29) is 18.3 Å². The van der Waals surface area contributed by atoms with Crippen molar-refractivity contribution in [3.05, 3.63) is 64.7 Å². The van der Waals surface area contributed by atoms with Crippen LogP contribution in [0.15, 0.2) is 48.5 Å². The number of fused-ring (bicyclic) bond motifs is 2. The van der Waals surface area contributed by atoms with Crippen LogP contribution in [0.25, 0.3) is 0 Å². The van der Waals surface area contributed by atoms with Crippen molar-refractivity contribution in [2.75, 3.05) is 13.1 Å². The van der Waals surface area contributed by atoms with E-state index in [4.69, 9.17) is 16.3 Å². The number of hydrogen-bond acceptors (Lipinski definition) is 3. The smallest absolute Gasteiger partial charge is 0.227 e. The Hall–Kier alpha value is -1.75. The predicted molar refractivity (Wildman–Crippen MR) is 114 cm³/mol. The van der Waals surface area contributed by atoms with Gasteiger partial charge in [-0.3, -0.25) is 4.79 Å². The van der Waals surface area contributed by atoms with Crippen molar-refractivity contribution in [1.82, 2.24) is 10.2 Å². The van der Waals surface area contributed by atoms with Crippen LogP contribution >= 0.6 is 24.0 Å². The fourth-order valence-electron chi connectivity index (χ4n) is 3.95. The van der Waals surface area contributed by atoms with Gasteiger partial charge >= 0.3 is 0 Å². The fourth-order valence-corrected chi connectivity index (χ4v) is 4.07. The normalized spacial score (nSPS) is 21.0. The van der Waals surface area contributed by atoms with Gasteiger partial charge < -0.3 is 15.0 Å². The summed E-state index contributed by atoms with van der Waals surface area (Å²) < 4.78 is 5.88. The van der Waals surface area contributed by atoms with E-state index >= 15 is 0 Å². The summed E-state index contributed by atoms with van der Waals surface area (Å²) in [4.78, 5) is 14.8. The second-order valence-corrected chi connectivity index (χ2v) is 7.94. The molecule has 1 N–H and O–H groups in total. The van der Waals surface area contributed by atoms with Crippen molar-refractivity contribution in [3.63, 3.8) is 0 Å². The van der Waals surface area contributed by atoms with E-state index in [1.807, 2.05) is 53.4 Å². The van der Waals surface area contributed by atoms with Gasteiger partial charge in [0.1, 0.15) is 12.4 Å². The summed E-state index contributed by atoms with van der Waals surface area (Å²) in [6.45, 7) is 2.18. The van der Waals surface area contributed by atoms with Crippen LogP contribution in [-0.4, -0.2) is 36.0 Å². The average molecular weight is 421 g/mol. The third-order valence-electron chi connectivity index (χ3n) is 5.45. The van der Waals surface area contributed by atoms with Crippen LogP contribution in [0.4, 0.5) is 0 Å². The number of hydrogen-bond donors (Lipinski definition) is 1. The van der Waals surface area contributed by atoms with E-state index in [1.165, 1.54) is 12.8 Å². The highest BCUT2D eigenvalue weighted by atomic mass is 35.5. The fraction of sp³-hybridized carbons (Fsp3) is 0.409. The molecule has 2 aliphatic heterocycles. The number of benzene rings is 2. The number of amides is 1. The maximum Gasteiger partial charge on any atom is 0.227 e. The first-order valence-corrected chi connectivity index (χ1v) is 10.0. The Kier molecular flexibility index (Phi) is 7.22. The largest absolute Gasteiger partial charge is 0.489 e. The highest BCUT2D eigenvalue weighted by molar-refractivity contribution is 6.30. The first-order chi connectivity index (χ1) is 13.2. The maximum atomic E-state index is 12.8. The summed E-state index contributed by atoms with van der Waals surface area (Å²) in [7, 11) is 0. The molecule has 4 nitrogen and oxygen atoms in total. The molecule has 6 heteroatoms. The molecule has 2 bridgehead atoms. The first-order valence-electron chi connectivity index (χ1n) is 9.66. The van der Waals surface area contributed by atoms with Crippen molar-refractivity contribution >= 4 is 29.9 Å². The molecule has 0 aliphatic carbocycles. The van der Waals surface area contributed by atoms with Crippen molar-refractivity contribution in [3.8, 4) is 5.75 Å². The minimum Gasteiger partial charge on any atom is -0.489 e. The Morgan fingerprint density at radius 1 is 1.07 bits per heavy atom. The monoisotopic (exact) mass is 420 g/mol. The molecule has 2 aromatic carbocycles. The van der Waals surface area contributed by atoms with E-state index in [0.29, 0.717) is 25.1 Å². The molecule has 2 unspecified atom stereocenters. The van der Waals surface area contributed by atoms with Crippen LogP contribution in [0.2, 0.25) is 5.02 Å². The lowest BCUT2D eigenvalue weighted by molar-refractivity contribution is -0.130. The first kappa shape index (κ1) is 21.0. The van der Waals surface area contributed by atoms with E-state index < -0.39 is 0 Å². The summed E-state index contributed by atoms with van der Waals surface area (Å²) in [5.41, 5.74) is 2.06. The van der Waals surface area contributed by atoms with E-state index in [0.717, 1.165) is 41.4 Å². The van der Waals surface area contributed by atoms with Gasteiger partial charge in [0.05, 0.1) is 6.42 Å². The molecule has 2 heterocycles. The summed E-state index contributed by atoms with van der Waals surface area (Å²) in [6.07, 6.45) is 3.92. The maximum absolute atomic E-state index is 12.8. The molecule has 4 rings (SSSR count).